The van der Waals surface area contributed by atoms with Crippen molar-refractivity contribution in [1.82, 2.24) is 0 Å². The molecule has 0 aliphatic heterocycles. The molecule has 0 saturated heterocycles. The summed E-state index contributed by atoms with van der Waals surface area (Å²) in [5, 5.41) is 8.76. The summed E-state index contributed by atoms with van der Waals surface area (Å²) < 4.78 is 0. The van der Waals surface area contributed by atoms with Crippen molar-refractivity contribution in [2.24, 2.45) is 11.8 Å². The summed E-state index contributed by atoms with van der Waals surface area (Å²) in [6, 6.07) is 10.1. The van der Waals surface area contributed by atoms with Gasteiger partial charge in [-0.3, -0.25) is 0 Å². The first-order valence-corrected chi connectivity index (χ1v) is 7.97. The van der Waals surface area contributed by atoms with Crippen molar-refractivity contribution in [1.29, 1.82) is 5.26 Å². The quantitative estimate of drug-likeness (QED) is 0.667. The smallest absolute Gasteiger partial charge is 0.0991 e. The van der Waals surface area contributed by atoms with E-state index in [1.165, 1.54) is 37.7 Å². The van der Waals surface area contributed by atoms with Crippen LogP contribution in [0.15, 0.2) is 36.4 Å². The highest BCUT2D eigenvalue weighted by Crippen LogP contribution is 2.31. The zero-order valence-electron chi connectivity index (χ0n) is 12.5. The average Bonchev–Trinajstić information content (AvgIpc) is 2.53. The van der Waals surface area contributed by atoms with Crippen LogP contribution in [0.5, 0.6) is 0 Å². The number of hydrogen-bond donors (Lipinski definition) is 0. The van der Waals surface area contributed by atoms with Crippen LogP contribution in [0.25, 0.3) is 0 Å². The van der Waals surface area contributed by atoms with Crippen LogP contribution >= 0.6 is 0 Å². The molecule has 0 atom stereocenters. The Morgan fingerprint density at radius 1 is 1.15 bits per heavy atom. The molecule has 0 radical (unpaired) electrons. The maximum atomic E-state index is 8.76. The van der Waals surface area contributed by atoms with Crippen LogP contribution in [-0.2, 0) is 6.42 Å². The minimum atomic E-state index is 0.747. The zero-order chi connectivity index (χ0) is 14.2. The van der Waals surface area contributed by atoms with Gasteiger partial charge in [0.2, 0.25) is 0 Å². The Kier molecular flexibility index (Phi) is 5.87. The summed E-state index contributed by atoms with van der Waals surface area (Å²) in [5.41, 5.74) is 2.07. The van der Waals surface area contributed by atoms with Crippen molar-refractivity contribution in [3.63, 3.8) is 0 Å². The van der Waals surface area contributed by atoms with Gasteiger partial charge in [-0.15, -0.1) is 0 Å². The lowest BCUT2D eigenvalue weighted by Gasteiger charge is -2.25. The van der Waals surface area contributed by atoms with E-state index in [-0.39, 0.29) is 0 Å². The number of aryl methyl sites for hydroxylation is 1. The summed E-state index contributed by atoms with van der Waals surface area (Å²) in [4.78, 5) is 0. The predicted octanol–water partition coefficient (Wildman–Crippen LogP) is 5.26. The summed E-state index contributed by atoms with van der Waals surface area (Å²) in [6.45, 7) is 2.32. The van der Waals surface area contributed by atoms with Gasteiger partial charge in [0.1, 0.15) is 0 Å². The SMILES string of the molecule is CCC1CCC(C=CCCc2ccc(C#N)cc2)CC1. The Labute approximate surface area is 123 Å². The van der Waals surface area contributed by atoms with Gasteiger partial charge >= 0.3 is 0 Å². The van der Waals surface area contributed by atoms with Gasteiger partial charge in [0, 0.05) is 0 Å². The number of benzene rings is 1. The third-order valence-corrected chi connectivity index (χ3v) is 4.56. The lowest BCUT2D eigenvalue weighted by molar-refractivity contribution is 0.303. The number of hydrogen-bond acceptors (Lipinski definition) is 1. The van der Waals surface area contributed by atoms with Crippen LogP contribution in [0.1, 0.15) is 56.6 Å². The lowest BCUT2D eigenvalue weighted by atomic mass is 9.81. The number of allylic oxidation sites excluding steroid dienone is 2. The van der Waals surface area contributed by atoms with Gasteiger partial charge in [-0.25, -0.2) is 0 Å². The molecular formula is C19H25N. The maximum Gasteiger partial charge on any atom is 0.0991 e. The molecule has 1 nitrogen and oxygen atoms in total. The maximum absolute atomic E-state index is 8.76. The molecule has 0 N–H and O–H groups in total. The Balaban J connectivity index is 1.70. The summed E-state index contributed by atoms with van der Waals surface area (Å²) in [6.07, 6.45) is 13.9. The molecule has 1 heteroatoms. The minimum Gasteiger partial charge on any atom is -0.192 e. The lowest BCUT2D eigenvalue weighted by Crippen LogP contribution is -2.12. The van der Waals surface area contributed by atoms with E-state index in [1.54, 1.807) is 0 Å². The van der Waals surface area contributed by atoms with Gasteiger partial charge in [0.15, 0.2) is 0 Å². The molecule has 20 heavy (non-hydrogen) atoms. The van der Waals surface area contributed by atoms with Crippen molar-refractivity contribution >= 4 is 0 Å². The fourth-order valence-electron chi connectivity index (χ4n) is 3.07. The van der Waals surface area contributed by atoms with Gasteiger partial charge in [0.25, 0.3) is 0 Å². The van der Waals surface area contributed by atoms with Gasteiger partial charge in [0.05, 0.1) is 11.6 Å². The van der Waals surface area contributed by atoms with Crippen molar-refractivity contribution in [3.8, 4) is 6.07 Å². The molecule has 2 rings (SSSR count). The highest BCUT2D eigenvalue weighted by Gasteiger charge is 2.17. The summed E-state index contributed by atoms with van der Waals surface area (Å²) >= 11 is 0. The molecule has 1 aliphatic rings. The van der Waals surface area contributed by atoms with Crippen molar-refractivity contribution < 1.29 is 0 Å². The van der Waals surface area contributed by atoms with Crippen LogP contribution < -0.4 is 0 Å². The third-order valence-electron chi connectivity index (χ3n) is 4.56. The second-order valence-electron chi connectivity index (χ2n) is 5.96. The second kappa shape index (κ2) is 7.90. The Hall–Kier alpha value is -1.55. The molecule has 1 saturated carbocycles. The fraction of sp³-hybridized carbons (Fsp3) is 0.526. The second-order valence-corrected chi connectivity index (χ2v) is 5.96. The first kappa shape index (κ1) is 14.9. The van der Waals surface area contributed by atoms with Crippen LogP contribution in [-0.4, -0.2) is 0 Å². The van der Waals surface area contributed by atoms with Gasteiger partial charge < -0.3 is 0 Å². The highest BCUT2D eigenvalue weighted by atomic mass is 14.2. The Morgan fingerprint density at radius 2 is 1.85 bits per heavy atom. The summed E-state index contributed by atoms with van der Waals surface area (Å²) in [5.74, 6) is 1.80. The first-order chi connectivity index (χ1) is 9.81. The van der Waals surface area contributed by atoms with E-state index in [0.29, 0.717) is 0 Å². The molecule has 0 spiro atoms. The van der Waals surface area contributed by atoms with Crippen molar-refractivity contribution in [3.05, 3.63) is 47.5 Å². The van der Waals surface area contributed by atoms with Crippen LogP contribution in [0, 0.1) is 23.2 Å². The number of nitriles is 1. The predicted molar refractivity (Wildman–Crippen MR) is 84.4 cm³/mol. The van der Waals surface area contributed by atoms with Crippen molar-refractivity contribution in [2.45, 2.75) is 51.9 Å². The van der Waals surface area contributed by atoms with E-state index in [4.69, 9.17) is 5.26 Å². The average molecular weight is 267 g/mol. The Bertz CT molecular complexity index is 456. The first-order valence-electron chi connectivity index (χ1n) is 7.97. The molecule has 1 aromatic carbocycles. The van der Waals surface area contributed by atoms with Crippen molar-refractivity contribution in [2.75, 3.05) is 0 Å². The molecule has 0 bridgehead atoms. The molecule has 0 heterocycles. The molecule has 106 valence electrons. The molecule has 1 aliphatic carbocycles. The molecular weight excluding hydrogens is 242 g/mol. The van der Waals surface area contributed by atoms with E-state index < -0.39 is 0 Å². The van der Waals surface area contributed by atoms with Crippen LogP contribution in [0.3, 0.4) is 0 Å². The zero-order valence-corrected chi connectivity index (χ0v) is 12.5. The molecule has 1 fully saturated rings. The topological polar surface area (TPSA) is 23.8 Å². The highest BCUT2D eigenvalue weighted by molar-refractivity contribution is 5.31. The van der Waals surface area contributed by atoms with E-state index in [9.17, 15) is 0 Å². The Morgan fingerprint density at radius 3 is 2.45 bits per heavy atom. The normalized spacial score (nSPS) is 22.8. The molecule has 0 amide bonds. The summed E-state index contributed by atoms with van der Waals surface area (Å²) in [7, 11) is 0. The van der Waals surface area contributed by atoms with Gasteiger partial charge in [-0.2, -0.15) is 5.26 Å². The van der Waals surface area contributed by atoms with E-state index >= 15 is 0 Å². The standard InChI is InChI=1S/C19H25N/c1-2-16-7-9-17(10-8-16)5-3-4-6-18-11-13-19(15-20)14-12-18/h3,5,11-14,16-17H,2,4,6-10H2,1H3. The van der Waals surface area contributed by atoms with Gasteiger partial charge in [-0.1, -0.05) is 37.6 Å². The van der Waals surface area contributed by atoms with E-state index in [2.05, 4.69) is 37.3 Å². The van der Waals surface area contributed by atoms with Crippen LogP contribution in [0.4, 0.5) is 0 Å². The third kappa shape index (κ3) is 4.53. The number of nitrogens with zero attached hydrogens (tertiary/aromatic N) is 1. The largest absolute Gasteiger partial charge is 0.192 e. The fourth-order valence-corrected chi connectivity index (χ4v) is 3.07. The number of rotatable bonds is 5. The monoisotopic (exact) mass is 267 g/mol. The minimum absolute atomic E-state index is 0.747. The molecule has 0 aromatic heterocycles. The van der Waals surface area contributed by atoms with E-state index in [1.807, 2.05) is 12.1 Å². The van der Waals surface area contributed by atoms with E-state index in [0.717, 1.165) is 30.2 Å². The van der Waals surface area contributed by atoms with Gasteiger partial charge in [-0.05, 0) is 68.1 Å². The van der Waals surface area contributed by atoms with Crippen LogP contribution in [0.2, 0.25) is 0 Å². The molecule has 0 unspecified atom stereocenters. The molecule has 1 aromatic rings.